The van der Waals surface area contributed by atoms with E-state index in [2.05, 4.69) is 22.1 Å². The van der Waals surface area contributed by atoms with Gasteiger partial charge in [0.05, 0.1) is 0 Å². The summed E-state index contributed by atoms with van der Waals surface area (Å²) >= 11 is 2.03. The van der Waals surface area contributed by atoms with Crippen molar-refractivity contribution in [3.63, 3.8) is 0 Å². The van der Waals surface area contributed by atoms with Crippen LogP contribution in [-0.2, 0) is 0 Å². The highest BCUT2D eigenvalue weighted by Gasteiger charge is 2.29. The second kappa shape index (κ2) is 4.96. The summed E-state index contributed by atoms with van der Waals surface area (Å²) in [6.07, 6.45) is 2.50. The lowest BCUT2D eigenvalue weighted by Crippen LogP contribution is -2.34. The van der Waals surface area contributed by atoms with E-state index in [9.17, 15) is 0 Å². The lowest BCUT2D eigenvalue weighted by molar-refractivity contribution is 0.809. The van der Waals surface area contributed by atoms with Crippen molar-refractivity contribution >= 4 is 23.4 Å². The molecule has 4 nitrogen and oxygen atoms in total. The maximum atomic E-state index is 4.83. The van der Waals surface area contributed by atoms with E-state index in [1.165, 1.54) is 29.9 Å². The first-order chi connectivity index (χ1) is 8.79. The zero-order valence-electron chi connectivity index (χ0n) is 11.1. The Morgan fingerprint density at radius 2 is 1.94 bits per heavy atom. The topological polar surface area (TPSA) is 41.1 Å². The van der Waals surface area contributed by atoms with E-state index < -0.39 is 0 Å². The van der Waals surface area contributed by atoms with Crippen LogP contribution in [0, 0.1) is 6.92 Å². The summed E-state index contributed by atoms with van der Waals surface area (Å²) in [5.41, 5.74) is 1.19. The minimum absolute atomic E-state index is 0.607. The van der Waals surface area contributed by atoms with Crippen LogP contribution in [0.4, 0.5) is 11.6 Å². The van der Waals surface area contributed by atoms with Gasteiger partial charge in [-0.25, -0.2) is 9.97 Å². The molecule has 1 aromatic rings. The fourth-order valence-corrected chi connectivity index (χ4v) is 3.28. The molecule has 1 aliphatic heterocycles. The number of anilines is 2. The van der Waals surface area contributed by atoms with Crippen LogP contribution in [0.2, 0.25) is 0 Å². The summed E-state index contributed by atoms with van der Waals surface area (Å²) in [6.45, 7) is 4.34. The van der Waals surface area contributed by atoms with Crippen LogP contribution in [0.1, 0.15) is 30.1 Å². The van der Waals surface area contributed by atoms with Crippen molar-refractivity contribution in [2.24, 2.45) is 0 Å². The van der Waals surface area contributed by atoms with Crippen molar-refractivity contribution in [2.45, 2.75) is 25.7 Å². The van der Waals surface area contributed by atoms with Gasteiger partial charge in [0.1, 0.15) is 17.5 Å². The van der Waals surface area contributed by atoms with E-state index in [4.69, 9.17) is 4.98 Å². The van der Waals surface area contributed by atoms with E-state index in [1.54, 1.807) is 0 Å². The Balaban J connectivity index is 1.97. The Labute approximate surface area is 113 Å². The molecule has 0 spiro atoms. The maximum absolute atomic E-state index is 4.83. The van der Waals surface area contributed by atoms with Gasteiger partial charge in [0.2, 0.25) is 0 Å². The number of hydrogen-bond acceptors (Lipinski definition) is 5. The summed E-state index contributed by atoms with van der Waals surface area (Å²) in [5, 5.41) is 3.21. The van der Waals surface area contributed by atoms with E-state index in [0.717, 1.165) is 30.5 Å². The Hall–Kier alpha value is -0.970. The second-order valence-corrected chi connectivity index (χ2v) is 6.23. The maximum Gasteiger partial charge on any atom is 0.137 e. The first-order valence-corrected chi connectivity index (χ1v) is 7.84. The highest BCUT2D eigenvalue weighted by molar-refractivity contribution is 7.99. The summed E-state index contributed by atoms with van der Waals surface area (Å²) in [6, 6.07) is 0. The second-order valence-electron chi connectivity index (χ2n) is 5.00. The Morgan fingerprint density at radius 1 is 1.22 bits per heavy atom. The number of nitrogens with one attached hydrogen (secondary N) is 1. The predicted molar refractivity (Wildman–Crippen MR) is 77.8 cm³/mol. The molecule has 0 atom stereocenters. The number of thioether (sulfide) groups is 1. The van der Waals surface area contributed by atoms with Crippen molar-refractivity contribution in [1.82, 2.24) is 9.97 Å². The summed E-state index contributed by atoms with van der Waals surface area (Å²) in [4.78, 5) is 11.9. The zero-order valence-corrected chi connectivity index (χ0v) is 11.9. The number of aromatic nitrogens is 2. The fourth-order valence-electron chi connectivity index (χ4n) is 2.37. The van der Waals surface area contributed by atoms with E-state index >= 15 is 0 Å². The van der Waals surface area contributed by atoms with Crippen LogP contribution in [0.15, 0.2) is 0 Å². The van der Waals surface area contributed by atoms with E-state index in [-0.39, 0.29) is 0 Å². The highest BCUT2D eigenvalue weighted by Crippen LogP contribution is 2.40. The molecule has 1 N–H and O–H groups in total. The quantitative estimate of drug-likeness (QED) is 0.907. The molecule has 2 fully saturated rings. The summed E-state index contributed by atoms with van der Waals surface area (Å²) < 4.78 is 0. The molecule has 1 saturated heterocycles. The van der Waals surface area contributed by atoms with Gasteiger partial charge in [0.25, 0.3) is 0 Å². The normalized spacial score (nSPS) is 20.0. The third-order valence-corrected chi connectivity index (χ3v) is 4.57. The number of rotatable bonds is 3. The molecule has 0 unspecified atom stereocenters. The molecule has 18 heavy (non-hydrogen) atoms. The summed E-state index contributed by atoms with van der Waals surface area (Å²) in [7, 11) is 1.95. The molecule has 3 rings (SSSR count). The molecular formula is C13H20N4S. The molecule has 2 aliphatic rings. The van der Waals surface area contributed by atoms with Gasteiger partial charge in [-0.3, -0.25) is 0 Å². The molecule has 0 radical (unpaired) electrons. The van der Waals surface area contributed by atoms with Gasteiger partial charge in [-0.15, -0.1) is 0 Å². The standard InChI is InChI=1S/C13H20N4S/c1-9-11(14-2)15-12(10-3-4-10)16-13(9)17-5-7-18-8-6-17/h10H,3-8H2,1-2H3,(H,14,15,16). The molecule has 0 aromatic carbocycles. The average molecular weight is 264 g/mol. The number of hydrogen-bond donors (Lipinski definition) is 1. The lowest BCUT2D eigenvalue weighted by Gasteiger charge is -2.29. The van der Waals surface area contributed by atoms with Gasteiger partial charge < -0.3 is 10.2 Å². The zero-order chi connectivity index (χ0) is 12.5. The Morgan fingerprint density at radius 3 is 2.56 bits per heavy atom. The first kappa shape index (κ1) is 12.1. The average Bonchev–Trinajstić information content (AvgIpc) is 3.24. The van der Waals surface area contributed by atoms with Gasteiger partial charge in [-0.2, -0.15) is 11.8 Å². The molecular weight excluding hydrogens is 244 g/mol. The molecule has 5 heteroatoms. The smallest absolute Gasteiger partial charge is 0.137 e. The van der Waals surface area contributed by atoms with Crippen molar-refractivity contribution in [3.05, 3.63) is 11.4 Å². The largest absolute Gasteiger partial charge is 0.373 e. The number of nitrogens with zero attached hydrogens (tertiary/aromatic N) is 3. The first-order valence-electron chi connectivity index (χ1n) is 6.68. The van der Waals surface area contributed by atoms with Gasteiger partial charge in [-0.05, 0) is 19.8 Å². The molecule has 1 aromatic heterocycles. The van der Waals surface area contributed by atoms with Crippen molar-refractivity contribution in [3.8, 4) is 0 Å². The van der Waals surface area contributed by atoms with Gasteiger partial charge >= 0.3 is 0 Å². The van der Waals surface area contributed by atoms with Crippen molar-refractivity contribution in [1.29, 1.82) is 0 Å². The molecule has 0 bridgehead atoms. The van der Waals surface area contributed by atoms with Crippen molar-refractivity contribution in [2.75, 3.05) is 41.9 Å². The minimum atomic E-state index is 0.607. The molecule has 1 aliphatic carbocycles. The predicted octanol–water partition coefficient (Wildman–Crippen LogP) is 2.26. The van der Waals surface area contributed by atoms with E-state index in [1.807, 2.05) is 18.8 Å². The fraction of sp³-hybridized carbons (Fsp3) is 0.692. The molecule has 0 amide bonds. The van der Waals surface area contributed by atoms with Gasteiger partial charge in [-0.1, -0.05) is 0 Å². The van der Waals surface area contributed by atoms with Gasteiger partial charge in [0, 0.05) is 43.1 Å². The molecule has 2 heterocycles. The van der Waals surface area contributed by atoms with Crippen LogP contribution < -0.4 is 10.2 Å². The van der Waals surface area contributed by atoms with Crippen LogP contribution in [0.3, 0.4) is 0 Å². The van der Waals surface area contributed by atoms with Crippen LogP contribution in [-0.4, -0.2) is 41.6 Å². The third kappa shape index (κ3) is 2.28. The van der Waals surface area contributed by atoms with Gasteiger partial charge in [0.15, 0.2) is 0 Å². The van der Waals surface area contributed by atoms with E-state index in [0.29, 0.717) is 5.92 Å². The minimum Gasteiger partial charge on any atom is -0.373 e. The Kier molecular flexibility index (Phi) is 3.33. The van der Waals surface area contributed by atoms with Crippen LogP contribution >= 0.6 is 11.8 Å². The highest BCUT2D eigenvalue weighted by atomic mass is 32.2. The monoisotopic (exact) mass is 264 g/mol. The molecule has 98 valence electrons. The molecule has 1 saturated carbocycles. The van der Waals surface area contributed by atoms with Crippen LogP contribution in [0.5, 0.6) is 0 Å². The lowest BCUT2D eigenvalue weighted by atomic mass is 10.2. The third-order valence-electron chi connectivity index (χ3n) is 3.63. The Bertz CT molecular complexity index is 439. The SMILES string of the molecule is CNc1nc(C2CC2)nc(N2CCSCC2)c1C. The van der Waals surface area contributed by atoms with Crippen LogP contribution in [0.25, 0.3) is 0 Å². The summed E-state index contributed by atoms with van der Waals surface area (Å²) in [5.74, 6) is 6.21. The van der Waals surface area contributed by atoms with Crippen molar-refractivity contribution < 1.29 is 0 Å².